The molecule has 0 amide bonds. The van der Waals surface area contributed by atoms with Crippen LogP contribution in [0.1, 0.15) is 31.5 Å². The Bertz CT molecular complexity index is 776. The van der Waals surface area contributed by atoms with Crippen LogP contribution >= 0.6 is 0 Å². The van der Waals surface area contributed by atoms with Crippen LogP contribution in [0.5, 0.6) is 0 Å². The van der Waals surface area contributed by atoms with E-state index in [4.69, 9.17) is 4.74 Å². The highest BCUT2D eigenvalue weighted by molar-refractivity contribution is 5.83. The number of fused-ring (bicyclic) bond motifs is 1. The molecule has 0 fully saturated rings. The number of aryl methyl sites for hydroxylation is 1. The van der Waals surface area contributed by atoms with E-state index in [-0.39, 0.29) is 5.82 Å². The largest absolute Gasteiger partial charge is 0.481 e. The number of hydrogen-bond acceptors (Lipinski definition) is 5. The fraction of sp³-hybridized carbons (Fsp3) is 0.389. The third-order valence-electron chi connectivity index (χ3n) is 3.96. The smallest absolute Gasteiger partial charge is 0.185 e. The minimum Gasteiger partial charge on any atom is -0.481 e. The molecule has 0 saturated heterocycles. The molecule has 1 aromatic carbocycles. The maximum absolute atomic E-state index is 13.4. The van der Waals surface area contributed by atoms with Gasteiger partial charge in [0.15, 0.2) is 11.7 Å². The Labute approximate surface area is 141 Å². The van der Waals surface area contributed by atoms with Gasteiger partial charge in [-0.1, -0.05) is 6.92 Å². The molecule has 0 saturated carbocycles. The Hall–Kier alpha value is -2.50. The van der Waals surface area contributed by atoms with E-state index in [2.05, 4.69) is 26.8 Å². The first-order valence-electron chi connectivity index (χ1n) is 8.15. The highest BCUT2D eigenvalue weighted by Crippen LogP contribution is 2.39. The highest BCUT2D eigenvalue weighted by atomic mass is 19.1. The molecule has 24 heavy (non-hydrogen) atoms. The summed E-state index contributed by atoms with van der Waals surface area (Å²) in [5.41, 5.74) is 3.44. The van der Waals surface area contributed by atoms with E-state index < -0.39 is 0 Å². The number of ether oxygens (including phenoxy) is 1. The first-order valence-corrected chi connectivity index (χ1v) is 8.15. The van der Waals surface area contributed by atoms with Crippen LogP contribution in [0.3, 0.4) is 0 Å². The zero-order chi connectivity index (χ0) is 17.1. The SMILES string of the molecule is CCCOC(C)=Nc1c(C)ncnc1N1CCc2cc(F)ccc21. The van der Waals surface area contributed by atoms with Gasteiger partial charge in [0.1, 0.15) is 17.8 Å². The van der Waals surface area contributed by atoms with E-state index in [0.29, 0.717) is 18.2 Å². The van der Waals surface area contributed by atoms with Crippen molar-refractivity contribution in [3.8, 4) is 0 Å². The van der Waals surface area contributed by atoms with Crippen LogP contribution in [0.4, 0.5) is 21.6 Å². The average molecular weight is 328 g/mol. The van der Waals surface area contributed by atoms with Crippen molar-refractivity contribution in [2.75, 3.05) is 18.1 Å². The Morgan fingerprint density at radius 1 is 1.38 bits per heavy atom. The van der Waals surface area contributed by atoms with Crippen LogP contribution in [0.15, 0.2) is 29.5 Å². The second-order valence-electron chi connectivity index (χ2n) is 5.79. The topological polar surface area (TPSA) is 50.6 Å². The van der Waals surface area contributed by atoms with Crippen LogP contribution in [0.25, 0.3) is 0 Å². The molecular formula is C18H21FN4O. The number of hydrogen-bond donors (Lipinski definition) is 0. The summed E-state index contributed by atoms with van der Waals surface area (Å²) in [7, 11) is 0. The average Bonchev–Trinajstić information content (AvgIpc) is 2.97. The van der Waals surface area contributed by atoms with E-state index in [1.54, 1.807) is 12.1 Å². The van der Waals surface area contributed by atoms with Crippen LogP contribution in [-0.2, 0) is 11.2 Å². The Balaban J connectivity index is 2.00. The van der Waals surface area contributed by atoms with Gasteiger partial charge in [-0.05, 0) is 43.5 Å². The molecular weight excluding hydrogens is 307 g/mol. The molecule has 6 heteroatoms. The first kappa shape index (κ1) is 16.4. The van der Waals surface area contributed by atoms with E-state index in [1.165, 1.54) is 12.4 Å². The number of halogens is 1. The second-order valence-corrected chi connectivity index (χ2v) is 5.79. The van der Waals surface area contributed by atoms with E-state index in [1.807, 2.05) is 13.8 Å². The van der Waals surface area contributed by atoms with Crippen molar-refractivity contribution in [3.63, 3.8) is 0 Å². The number of nitrogens with zero attached hydrogens (tertiary/aromatic N) is 4. The third-order valence-corrected chi connectivity index (χ3v) is 3.96. The Kier molecular flexibility index (Phi) is 4.74. The van der Waals surface area contributed by atoms with Gasteiger partial charge in [0.25, 0.3) is 0 Å². The molecule has 5 nitrogen and oxygen atoms in total. The molecule has 2 aromatic rings. The summed E-state index contributed by atoms with van der Waals surface area (Å²) >= 11 is 0. The summed E-state index contributed by atoms with van der Waals surface area (Å²) < 4.78 is 19.0. The van der Waals surface area contributed by atoms with Gasteiger partial charge in [0.2, 0.25) is 0 Å². The standard InChI is InChI=1S/C18H21FN4O/c1-4-9-24-13(3)22-17-12(2)20-11-21-18(17)23-8-7-14-10-15(19)5-6-16(14)23/h5-6,10-11H,4,7-9H2,1-3H3. The van der Waals surface area contributed by atoms with Crippen molar-refractivity contribution in [1.29, 1.82) is 0 Å². The molecule has 1 aliphatic rings. The summed E-state index contributed by atoms with van der Waals surface area (Å²) in [6, 6.07) is 4.86. The summed E-state index contributed by atoms with van der Waals surface area (Å²) in [6.07, 6.45) is 3.24. The molecule has 126 valence electrons. The molecule has 0 unspecified atom stereocenters. The van der Waals surface area contributed by atoms with Gasteiger partial charge >= 0.3 is 0 Å². The quantitative estimate of drug-likeness (QED) is 0.626. The van der Waals surface area contributed by atoms with Crippen molar-refractivity contribution in [3.05, 3.63) is 41.6 Å². The maximum Gasteiger partial charge on any atom is 0.185 e. The Morgan fingerprint density at radius 2 is 2.21 bits per heavy atom. The van der Waals surface area contributed by atoms with Crippen LogP contribution in [0.2, 0.25) is 0 Å². The maximum atomic E-state index is 13.4. The van der Waals surface area contributed by atoms with Crippen LogP contribution < -0.4 is 4.90 Å². The van der Waals surface area contributed by atoms with Gasteiger partial charge in [-0.25, -0.2) is 19.4 Å². The lowest BCUT2D eigenvalue weighted by molar-refractivity contribution is 0.302. The molecule has 1 aliphatic heterocycles. The van der Waals surface area contributed by atoms with Crippen LogP contribution in [-0.4, -0.2) is 29.0 Å². The summed E-state index contributed by atoms with van der Waals surface area (Å²) in [6.45, 7) is 7.16. The van der Waals surface area contributed by atoms with Crippen molar-refractivity contribution >= 4 is 23.1 Å². The molecule has 1 aromatic heterocycles. The van der Waals surface area contributed by atoms with E-state index in [0.717, 1.165) is 42.1 Å². The fourth-order valence-electron chi connectivity index (χ4n) is 2.81. The number of aromatic nitrogens is 2. The number of aliphatic imine (C=N–C) groups is 1. The molecule has 0 spiro atoms. The number of benzene rings is 1. The molecule has 0 aliphatic carbocycles. The zero-order valence-electron chi connectivity index (χ0n) is 14.2. The van der Waals surface area contributed by atoms with Crippen LogP contribution in [0, 0.1) is 12.7 Å². The van der Waals surface area contributed by atoms with Gasteiger partial charge in [-0.15, -0.1) is 0 Å². The van der Waals surface area contributed by atoms with Gasteiger partial charge in [-0.2, -0.15) is 0 Å². The third kappa shape index (κ3) is 3.22. The lowest BCUT2D eigenvalue weighted by Crippen LogP contribution is -2.16. The minimum absolute atomic E-state index is 0.212. The van der Waals surface area contributed by atoms with E-state index >= 15 is 0 Å². The molecule has 0 bridgehead atoms. The van der Waals surface area contributed by atoms with Crippen molar-refractivity contribution in [2.24, 2.45) is 4.99 Å². The molecule has 2 heterocycles. The van der Waals surface area contributed by atoms with Gasteiger partial charge < -0.3 is 9.64 Å². The summed E-state index contributed by atoms with van der Waals surface area (Å²) in [5.74, 6) is 1.11. The van der Waals surface area contributed by atoms with Gasteiger partial charge in [-0.3, -0.25) is 0 Å². The zero-order valence-corrected chi connectivity index (χ0v) is 14.2. The fourth-order valence-corrected chi connectivity index (χ4v) is 2.81. The lowest BCUT2D eigenvalue weighted by atomic mass is 10.1. The highest BCUT2D eigenvalue weighted by Gasteiger charge is 2.25. The number of anilines is 2. The molecule has 0 atom stereocenters. The Morgan fingerprint density at radius 3 is 3.00 bits per heavy atom. The lowest BCUT2D eigenvalue weighted by Gasteiger charge is -2.20. The minimum atomic E-state index is -0.212. The van der Waals surface area contributed by atoms with Crippen molar-refractivity contribution in [2.45, 2.75) is 33.6 Å². The predicted octanol–water partition coefficient (Wildman–Crippen LogP) is 4.09. The van der Waals surface area contributed by atoms with Gasteiger partial charge in [0.05, 0.1) is 12.3 Å². The van der Waals surface area contributed by atoms with Crippen molar-refractivity contribution < 1.29 is 9.13 Å². The van der Waals surface area contributed by atoms with Crippen molar-refractivity contribution in [1.82, 2.24) is 9.97 Å². The summed E-state index contributed by atoms with van der Waals surface area (Å²) in [4.78, 5) is 15.3. The van der Waals surface area contributed by atoms with Gasteiger partial charge in [0, 0.05) is 19.2 Å². The summed E-state index contributed by atoms with van der Waals surface area (Å²) in [5, 5.41) is 0. The van der Waals surface area contributed by atoms with E-state index in [9.17, 15) is 4.39 Å². The molecule has 3 rings (SSSR count). The normalized spacial score (nSPS) is 14.0. The monoisotopic (exact) mass is 328 g/mol. The molecule has 0 radical (unpaired) electrons. The first-order chi connectivity index (χ1) is 11.6. The molecule has 0 N–H and O–H groups in total. The predicted molar refractivity (Wildman–Crippen MR) is 92.9 cm³/mol. The second kappa shape index (κ2) is 6.95. The number of rotatable bonds is 4.